The molecule has 0 aliphatic carbocycles. The van der Waals surface area contributed by atoms with Crippen molar-refractivity contribution in [3.05, 3.63) is 5.82 Å². The molecular weight excluding hydrogens is 166 g/mol. The molecule has 0 saturated carbocycles. The van der Waals surface area contributed by atoms with Crippen LogP contribution in [0.25, 0.3) is 0 Å². The lowest BCUT2D eigenvalue weighted by atomic mass is 10.0. The van der Waals surface area contributed by atoms with Crippen LogP contribution in [0.5, 0.6) is 0 Å². The van der Waals surface area contributed by atoms with E-state index < -0.39 is 0 Å². The molecule has 0 amide bonds. The predicted molar refractivity (Wildman–Crippen MR) is 50.2 cm³/mol. The van der Waals surface area contributed by atoms with E-state index in [1.807, 2.05) is 0 Å². The predicted octanol–water partition coefficient (Wildman–Crippen LogP) is 0.535. The molecule has 1 rings (SSSR count). The SMILES string of the molecule is CCC(CC)c1nnnn1CCN. The summed E-state index contributed by atoms with van der Waals surface area (Å²) < 4.78 is 1.80. The Morgan fingerprint density at radius 3 is 2.62 bits per heavy atom. The molecule has 5 heteroatoms. The van der Waals surface area contributed by atoms with Crippen molar-refractivity contribution in [2.75, 3.05) is 6.54 Å². The normalized spacial score (nSPS) is 11.1. The molecule has 1 aromatic heterocycles. The van der Waals surface area contributed by atoms with Crippen molar-refractivity contribution in [3.8, 4) is 0 Å². The van der Waals surface area contributed by atoms with Crippen molar-refractivity contribution in [2.24, 2.45) is 5.73 Å². The lowest BCUT2D eigenvalue weighted by Crippen LogP contribution is -2.16. The maximum absolute atomic E-state index is 5.46. The Balaban J connectivity index is 2.78. The summed E-state index contributed by atoms with van der Waals surface area (Å²) in [5.74, 6) is 1.43. The van der Waals surface area contributed by atoms with Crippen molar-refractivity contribution in [2.45, 2.75) is 39.2 Å². The van der Waals surface area contributed by atoms with Gasteiger partial charge in [-0.15, -0.1) is 5.10 Å². The zero-order valence-corrected chi connectivity index (χ0v) is 8.27. The van der Waals surface area contributed by atoms with Gasteiger partial charge in [0.2, 0.25) is 0 Å². The van der Waals surface area contributed by atoms with Crippen LogP contribution < -0.4 is 5.73 Å². The summed E-state index contributed by atoms with van der Waals surface area (Å²) in [7, 11) is 0. The Hall–Kier alpha value is -0.970. The number of hydrogen-bond donors (Lipinski definition) is 1. The monoisotopic (exact) mass is 183 g/mol. The molecule has 0 bridgehead atoms. The van der Waals surface area contributed by atoms with Crippen molar-refractivity contribution in [3.63, 3.8) is 0 Å². The maximum Gasteiger partial charge on any atom is 0.154 e. The number of tetrazole rings is 1. The van der Waals surface area contributed by atoms with Crippen LogP contribution in [0.3, 0.4) is 0 Å². The first-order valence-electron chi connectivity index (χ1n) is 4.79. The molecule has 0 spiro atoms. The summed E-state index contributed by atoms with van der Waals surface area (Å²) in [4.78, 5) is 0. The molecule has 0 saturated heterocycles. The third-order valence-electron chi connectivity index (χ3n) is 2.25. The number of rotatable bonds is 5. The van der Waals surface area contributed by atoms with Crippen molar-refractivity contribution >= 4 is 0 Å². The van der Waals surface area contributed by atoms with Gasteiger partial charge in [0.25, 0.3) is 0 Å². The molecular formula is C8H17N5. The average Bonchev–Trinajstić information content (AvgIpc) is 2.57. The highest BCUT2D eigenvalue weighted by Gasteiger charge is 2.14. The van der Waals surface area contributed by atoms with Crippen LogP contribution in [0.1, 0.15) is 38.4 Å². The highest BCUT2D eigenvalue weighted by atomic mass is 15.5. The second kappa shape index (κ2) is 4.91. The number of hydrogen-bond acceptors (Lipinski definition) is 4. The Morgan fingerprint density at radius 2 is 2.08 bits per heavy atom. The smallest absolute Gasteiger partial charge is 0.154 e. The third kappa shape index (κ3) is 2.24. The molecule has 0 atom stereocenters. The fraction of sp³-hybridized carbons (Fsp3) is 0.875. The van der Waals surface area contributed by atoms with Crippen LogP contribution in [-0.2, 0) is 6.54 Å². The van der Waals surface area contributed by atoms with Crippen molar-refractivity contribution in [1.29, 1.82) is 0 Å². The van der Waals surface area contributed by atoms with Gasteiger partial charge >= 0.3 is 0 Å². The molecule has 0 fully saturated rings. The Morgan fingerprint density at radius 1 is 1.38 bits per heavy atom. The standard InChI is InChI=1S/C8H17N5/c1-3-7(4-2)8-10-11-12-13(8)6-5-9/h7H,3-6,9H2,1-2H3. The molecule has 0 aliphatic rings. The molecule has 13 heavy (non-hydrogen) atoms. The highest BCUT2D eigenvalue weighted by Crippen LogP contribution is 2.19. The van der Waals surface area contributed by atoms with E-state index in [0.717, 1.165) is 18.7 Å². The second-order valence-corrected chi connectivity index (χ2v) is 3.06. The molecule has 2 N–H and O–H groups in total. The van der Waals surface area contributed by atoms with Gasteiger partial charge in [-0.05, 0) is 23.3 Å². The molecule has 1 heterocycles. The molecule has 0 unspecified atom stereocenters. The molecule has 0 aromatic carbocycles. The average molecular weight is 183 g/mol. The van der Waals surface area contributed by atoms with Gasteiger partial charge in [-0.1, -0.05) is 13.8 Å². The first-order valence-corrected chi connectivity index (χ1v) is 4.79. The first kappa shape index (κ1) is 10.1. The zero-order valence-electron chi connectivity index (χ0n) is 8.27. The Bertz CT molecular complexity index is 240. The lowest BCUT2D eigenvalue weighted by molar-refractivity contribution is 0.514. The summed E-state index contributed by atoms with van der Waals surface area (Å²) in [6.07, 6.45) is 2.14. The van der Waals surface area contributed by atoms with Gasteiger partial charge in [-0.25, -0.2) is 4.68 Å². The van der Waals surface area contributed by atoms with Crippen LogP contribution in [-0.4, -0.2) is 26.8 Å². The fourth-order valence-corrected chi connectivity index (χ4v) is 1.44. The van der Waals surface area contributed by atoms with E-state index in [-0.39, 0.29) is 0 Å². The number of aromatic nitrogens is 4. The Labute approximate surface area is 78.3 Å². The van der Waals surface area contributed by atoms with Gasteiger partial charge in [0.05, 0.1) is 6.54 Å². The van der Waals surface area contributed by atoms with Gasteiger partial charge in [-0.2, -0.15) is 0 Å². The van der Waals surface area contributed by atoms with Crippen LogP contribution in [0.4, 0.5) is 0 Å². The van der Waals surface area contributed by atoms with Crippen LogP contribution >= 0.6 is 0 Å². The maximum atomic E-state index is 5.46. The van der Waals surface area contributed by atoms with Crippen LogP contribution in [0.15, 0.2) is 0 Å². The van der Waals surface area contributed by atoms with Crippen molar-refractivity contribution < 1.29 is 0 Å². The van der Waals surface area contributed by atoms with E-state index in [4.69, 9.17) is 5.73 Å². The molecule has 0 radical (unpaired) electrons. The van der Waals surface area contributed by atoms with E-state index in [9.17, 15) is 0 Å². The second-order valence-electron chi connectivity index (χ2n) is 3.06. The number of nitrogens with two attached hydrogens (primary N) is 1. The van der Waals surface area contributed by atoms with E-state index >= 15 is 0 Å². The summed E-state index contributed by atoms with van der Waals surface area (Å²) in [5.41, 5.74) is 5.46. The fourth-order valence-electron chi connectivity index (χ4n) is 1.44. The van der Waals surface area contributed by atoms with E-state index in [2.05, 4.69) is 29.4 Å². The largest absolute Gasteiger partial charge is 0.329 e. The third-order valence-corrected chi connectivity index (χ3v) is 2.25. The molecule has 5 nitrogen and oxygen atoms in total. The van der Waals surface area contributed by atoms with E-state index in [0.29, 0.717) is 19.0 Å². The van der Waals surface area contributed by atoms with Gasteiger partial charge in [0.1, 0.15) is 0 Å². The minimum Gasteiger partial charge on any atom is -0.329 e. The molecule has 0 aliphatic heterocycles. The van der Waals surface area contributed by atoms with Gasteiger partial charge in [0, 0.05) is 12.5 Å². The van der Waals surface area contributed by atoms with Gasteiger partial charge in [0.15, 0.2) is 5.82 Å². The summed E-state index contributed by atoms with van der Waals surface area (Å²) >= 11 is 0. The summed E-state index contributed by atoms with van der Waals surface area (Å²) in [6, 6.07) is 0. The lowest BCUT2D eigenvalue weighted by Gasteiger charge is -2.10. The minimum atomic E-state index is 0.460. The highest BCUT2D eigenvalue weighted by molar-refractivity contribution is 4.92. The van der Waals surface area contributed by atoms with Crippen molar-refractivity contribution in [1.82, 2.24) is 20.2 Å². The molecule has 74 valence electrons. The zero-order chi connectivity index (χ0) is 9.68. The quantitative estimate of drug-likeness (QED) is 0.723. The van der Waals surface area contributed by atoms with E-state index in [1.54, 1.807) is 4.68 Å². The minimum absolute atomic E-state index is 0.460. The molecule has 1 aromatic rings. The van der Waals surface area contributed by atoms with E-state index in [1.165, 1.54) is 0 Å². The first-order chi connectivity index (χ1) is 6.33. The number of nitrogens with zero attached hydrogens (tertiary/aromatic N) is 4. The summed E-state index contributed by atoms with van der Waals surface area (Å²) in [6.45, 7) is 5.59. The Kier molecular flexibility index (Phi) is 3.82. The van der Waals surface area contributed by atoms with Crippen LogP contribution in [0.2, 0.25) is 0 Å². The van der Waals surface area contributed by atoms with Gasteiger partial charge in [-0.3, -0.25) is 0 Å². The summed E-state index contributed by atoms with van der Waals surface area (Å²) in [5, 5.41) is 11.6. The van der Waals surface area contributed by atoms with Gasteiger partial charge < -0.3 is 5.73 Å². The van der Waals surface area contributed by atoms with Crippen LogP contribution in [0, 0.1) is 0 Å². The topological polar surface area (TPSA) is 69.6 Å².